The molecule has 0 radical (unpaired) electrons. The van der Waals surface area contributed by atoms with E-state index in [0.717, 1.165) is 35.1 Å². The van der Waals surface area contributed by atoms with E-state index >= 15 is 0 Å². The molecule has 0 aromatic heterocycles. The minimum absolute atomic E-state index is 0.0781. The van der Waals surface area contributed by atoms with E-state index in [4.69, 9.17) is 0 Å². The number of anilines is 1. The Kier molecular flexibility index (Phi) is 3.48. The molecule has 1 aliphatic rings. The summed E-state index contributed by atoms with van der Waals surface area (Å²) in [4.78, 5) is 0. The molecular weight excluding hydrogens is 281 g/mol. The number of hydrogen-bond acceptors (Lipinski definition) is 1. The second-order valence-electron chi connectivity index (χ2n) is 5.22. The Labute approximate surface area is 111 Å². The lowest BCUT2D eigenvalue weighted by Crippen LogP contribution is -2.34. The average Bonchev–Trinajstić information content (AvgIpc) is 2.59. The van der Waals surface area contributed by atoms with E-state index in [0.29, 0.717) is 5.92 Å². The van der Waals surface area contributed by atoms with Gasteiger partial charge in [-0.3, -0.25) is 0 Å². The van der Waals surface area contributed by atoms with Gasteiger partial charge < -0.3 is 5.32 Å². The van der Waals surface area contributed by atoms with Crippen LogP contribution in [0, 0.1) is 11.7 Å². The van der Waals surface area contributed by atoms with Gasteiger partial charge in [-0.15, -0.1) is 0 Å². The van der Waals surface area contributed by atoms with Gasteiger partial charge in [0.15, 0.2) is 0 Å². The maximum atomic E-state index is 13.6. The van der Waals surface area contributed by atoms with E-state index in [9.17, 15) is 4.39 Å². The first-order valence-corrected chi connectivity index (χ1v) is 7.04. The monoisotopic (exact) mass is 299 g/mol. The fourth-order valence-corrected chi connectivity index (χ4v) is 3.53. The molecule has 0 saturated heterocycles. The lowest BCUT2D eigenvalue weighted by Gasteiger charge is -2.33. The Balaban J connectivity index is 2.56. The van der Waals surface area contributed by atoms with Gasteiger partial charge in [0.1, 0.15) is 5.82 Å². The Morgan fingerprint density at radius 1 is 1.47 bits per heavy atom. The second-order valence-corrected chi connectivity index (χ2v) is 6.08. The van der Waals surface area contributed by atoms with E-state index in [-0.39, 0.29) is 11.2 Å². The zero-order chi connectivity index (χ0) is 12.6. The van der Waals surface area contributed by atoms with Crippen LogP contribution in [0.25, 0.3) is 0 Å². The van der Waals surface area contributed by atoms with Crippen LogP contribution in [0.4, 0.5) is 10.1 Å². The topological polar surface area (TPSA) is 12.0 Å². The molecule has 3 heteroatoms. The van der Waals surface area contributed by atoms with Crippen molar-refractivity contribution in [2.75, 3.05) is 11.9 Å². The molecule has 1 nitrogen and oxygen atoms in total. The summed E-state index contributed by atoms with van der Waals surface area (Å²) in [5.41, 5.74) is 2.30. The van der Waals surface area contributed by atoms with E-state index in [1.165, 1.54) is 6.07 Å². The molecule has 1 heterocycles. The van der Waals surface area contributed by atoms with Crippen LogP contribution in [0.1, 0.15) is 39.2 Å². The van der Waals surface area contributed by atoms with Gasteiger partial charge in [0.05, 0.1) is 5.69 Å². The lowest BCUT2D eigenvalue weighted by molar-refractivity contribution is 0.310. The zero-order valence-electron chi connectivity index (χ0n) is 10.6. The van der Waals surface area contributed by atoms with E-state index in [1.54, 1.807) is 6.07 Å². The van der Waals surface area contributed by atoms with Crippen LogP contribution >= 0.6 is 15.9 Å². The highest BCUT2D eigenvalue weighted by atomic mass is 79.9. The normalized spacial score (nSPS) is 22.7. The van der Waals surface area contributed by atoms with Gasteiger partial charge in [0.25, 0.3) is 0 Å². The summed E-state index contributed by atoms with van der Waals surface area (Å²) in [5, 5.41) is 3.44. The molecule has 1 aromatic rings. The zero-order valence-corrected chi connectivity index (χ0v) is 12.2. The summed E-state index contributed by atoms with van der Waals surface area (Å²) >= 11 is 3.45. The van der Waals surface area contributed by atoms with Crippen molar-refractivity contribution in [2.24, 2.45) is 5.92 Å². The summed E-state index contributed by atoms with van der Waals surface area (Å²) < 4.78 is 14.5. The molecule has 0 bridgehead atoms. The Bertz CT molecular complexity index is 430. The van der Waals surface area contributed by atoms with Gasteiger partial charge in [-0.05, 0) is 46.0 Å². The van der Waals surface area contributed by atoms with Crippen molar-refractivity contribution >= 4 is 21.6 Å². The van der Waals surface area contributed by atoms with Crippen molar-refractivity contribution in [3.8, 4) is 0 Å². The van der Waals surface area contributed by atoms with Gasteiger partial charge in [-0.2, -0.15) is 0 Å². The number of benzene rings is 1. The summed E-state index contributed by atoms with van der Waals surface area (Å²) in [6, 6.07) is 3.24. The quantitative estimate of drug-likeness (QED) is 0.852. The van der Waals surface area contributed by atoms with Crippen molar-refractivity contribution in [1.29, 1.82) is 0 Å². The third-order valence-corrected chi connectivity index (χ3v) is 4.60. The number of halogens is 2. The Morgan fingerprint density at radius 3 is 2.76 bits per heavy atom. The number of fused-ring (bicyclic) bond motifs is 1. The van der Waals surface area contributed by atoms with Crippen LogP contribution < -0.4 is 5.32 Å². The third-order valence-electron chi connectivity index (χ3n) is 3.97. The maximum Gasteiger partial charge on any atom is 0.124 e. The molecule has 17 heavy (non-hydrogen) atoms. The highest BCUT2D eigenvalue weighted by Crippen LogP contribution is 2.48. The summed E-state index contributed by atoms with van der Waals surface area (Å²) in [6.07, 6.45) is 2.22. The van der Waals surface area contributed by atoms with Crippen molar-refractivity contribution in [3.63, 3.8) is 0 Å². The van der Waals surface area contributed by atoms with Crippen molar-refractivity contribution < 1.29 is 4.39 Å². The molecule has 0 amide bonds. The molecule has 1 aliphatic heterocycles. The molecule has 0 saturated carbocycles. The highest BCUT2D eigenvalue weighted by Gasteiger charge is 2.41. The molecule has 94 valence electrons. The third kappa shape index (κ3) is 1.99. The first-order valence-electron chi connectivity index (χ1n) is 6.24. The van der Waals surface area contributed by atoms with Crippen LogP contribution in [0.2, 0.25) is 0 Å². The van der Waals surface area contributed by atoms with Gasteiger partial charge >= 0.3 is 0 Å². The van der Waals surface area contributed by atoms with E-state index in [1.807, 2.05) is 0 Å². The molecule has 0 fully saturated rings. The lowest BCUT2D eigenvalue weighted by atomic mass is 9.70. The molecule has 1 aromatic carbocycles. The Morgan fingerprint density at radius 2 is 2.18 bits per heavy atom. The number of hydrogen-bond donors (Lipinski definition) is 1. The maximum absolute atomic E-state index is 13.6. The first-order chi connectivity index (χ1) is 8.01. The van der Waals surface area contributed by atoms with Crippen molar-refractivity contribution in [1.82, 2.24) is 0 Å². The van der Waals surface area contributed by atoms with Gasteiger partial charge in [-0.1, -0.05) is 27.2 Å². The fraction of sp³-hybridized carbons (Fsp3) is 0.571. The van der Waals surface area contributed by atoms with Gasteiger partial charge in [-0.25, -0.2) is 4.39 Å². The van der Waals surface area contributed by atoms with Crippen LogP contribution in [-0.2, 0) is 5.41 Å². The summed E-state index contributed by atoms with van der Waals surface area (Å²) in [6.45, 7) is 7.56. The van der Waals surface area contributed by atoms with Crippen LogP contribution in [-0.4, -0.2) is 6.54 Å². The summed E-state index contributed by atoms with van der Waals surface area (Å²) in [7, 11) is 0. The van der Waals surface area contributed by atoms with Gasteiger partial charge in [0.2, 0.25) is 0 Å². The standard InChI is InChI=1S/C14H19BrFN/c1-4-5-14(9(2)3)8-17-13-11(14)6-10(16)7-12(13)15/h6-7,9,17H,4-5,8H2,1-3H3. The van der Waals surface area contributed by atoms with Crippen LogP contribution in [0.5, 0.6) is 0 Å². The SMILES string of the molecule is CCCC1(C(C)C)CNc2c(Br)cc(F)cc21. The first kappa shape index (κ1) is 12.9. The summed E-state index contributed by atoms with van der Waals surface area (Å²) in [5.74, 6) is 0.352. The molecule has 0 aliphatic carbocycles. The minimum atomic E-state index is -0.152. The smallest absolute Gasteiger partial charge is 0.124 e. The van der Waals surface area contributed by atoms with Crippen LogP contribution in [0.15, 0.2) is 16.6 Å². The number of rotatable bonds is 3. The van der Waals surface area contributed by atoms with Crippen molar-refractivity contribution in [3.05, 3.63) is 28.0 Å². The molecular formula is C14H19BrFN. The van der Waals surface area contributed by atoms with E-state index < -0.39 is 0 Å². The Hall–Kier alpha value is -0.570. The second kappa shape index (κ2) is 4.60. The van der Waals surface area contributed by atoms with Crippen molar-refractivity contribution in [2.45, 2.75) is 39.0 Å². The van der Waals surface area contributed by atoms with Gasteiger partial charge in [0, 0.05) is 16.4 Å². The minimum Gasteiger partial charge on any atom is -0.383 e. The van der Waals surface area contributed by atoms with Crippen LogP contribution in [0.3, 0.4) is 0 Å². The fourth-order valence-electron chi connectivity index (χ4n) is 2.96. The predicted octanol–water partition coefficient (Wildman–Crippen LogP) is 4.71. The number of nitrogens with one attached hydrogen (secondary N) is 1. The molecule has 1 N–H and O–H groups in total. The largest absolute Gasteiger partial charge is 0.383 e. The predicted molar refractivity (Wildman–Crippen MR) is 74.0 cm³/mol. The highest BCUT2D eigenvalue weighted by molar-refractivity contribution is 9.10. The average molecular weight is 300 g/mol. The molecule has 0 spiro atoms. The van der Waals surface area contributed by atoms with E-state index in [2.05, 4.69) is 42.0 Å². The molecule has 1 unspecified atom stereocenters. The molecule has 1 atom stereocenters. The molecule has 2 rings (SSSR count).